The van der Waals surface area contributed by atoms with Crippen LogP contribution in [0.4, 0.5) is 0 Å². The summed E-state index contributed by atoms with van der Waals surface area (Å²) < 4.78 is 0. The van der Waals surface area contributed by atoms with E-state index in [0.717, 1.165) is 21.7 Å². The summed E-state index contributed by atoms with van der Waals surface area (Å²) >= 11 is 0. The number of Topliss-reactive ketones (excluding diaryl/α,β-unsaturated/α-hetero) is 1. The predicted molar refractivity (Wildman–Crippen MR) is 63.6 cm³/mol. The smallest absolute Gasteiger partial charge is 0.175 e. The van der Waals surface area contributed by atoms with E-state index in [1.165, 1.54) is 0 Å². The summed E-state index contributed by atoms with van der Waals surface area (Å²) in [4.78, 5) is 18.5. The van der Waals surface area contributed by atoms with Gasteiger partial charge in [0.15, 0.2) is 5.78 Å². The van der Waals surface area contributed by atoms with E-state index < -0.39 is 0 Å². The molecule has 0 fully saturated rings. The molecule has 3 aromatic rings. The van der Waals surface area contributed by atoms with Crippen LogP contribution in [0.3, 0.4) is 0 Å². The number of aromatic nitrogens is 2. The van der Waals surface area contributed by atoms with Crippen LogP contribution in [0.5, 0.6) is 0 Å². The van der Waals surface area contributed by atoms with Crippen LogP contribution in [0.25, 0.3) is 21.7 Å². The molecule has 0 aliphatic rings. The van der Waals surface area contributed by atoms with E-state index in [0.29, 0.717) is 5.69 Å². The van der Waals surface area contributed by atoms with Gasteiger partial charge in [-0.05, 0) is 23.6 Å². The molecule has 3 nitrogen and oxygen atoms in total. The fraction of sp³-hybridized carbons (Fsp3) is 0.0769. The second-order valence-corrected chi connectivity index (χ2v) is 3.90. The lowest BCUT2D eigenvalue weighted by Crippen LogP contribution is -1.95. The highest BCUT2D eigenvalue weighted by Crippen LogP contribution is 2.21. The monoisotopic (exact) mass is 210 g/mol. The molecular formula is C13H10N2O. The summed E-state index contributed by atoms with van der Waals surface area (Å²) in [5, 5.41) is 3.30. The van der Waals surface area contributed by atoms with Crippen molar-refractivity contribution in [2.75, 3.05) is 0 Å². The number of aromatic amines is 1. The molecule has 2 aromatic heterocycles. The third-order valence-electron chi connectivity index (χ3n) is 2.76. The van der Waals surface area contributed by atoms with Crippen LogP contribution in [0.15, 0.2) is 36.7 Å². The molecule has 0 unspecified atom stereocenters. The highest BCUT2D eigenvalue weighted by Gasteiger charge is 2.03. The Morgan fingerprint density at radius 1 is 1.12 bits per heavy atom. The van der Waals surface area contributed by atoms with Gasteiger partial charge in [-0.1, -0.05) is 6.07 Å². The van der Waals surface area contributed by atoms with Crippen LogP contribution >= 0.6 is 0 Å². The molecular weight excluding hydrogens is 200 g/mol. The van der Waals surface area contributed by atoms with E-state index in [1.807, 2.05) is 30.6 Å². The first-order chi connectivity index (χ1) is 7.74. The van der Waals surface area contributed by atoms with Crippen molar-refractivity contribution in [1.29, 1.82) is 0 Å². The van der Waals surface area contributed by atoms with Gasteiger partial charge in [0.05, 0.1) is 5.69 Å². The number of fused-ring (bicyclic) bond motifs is 2. The second kappa shape index (κ2) is 3.17. The first-order valence-electron chi connectivity index (χ1n) is 5.11. The fourth-order valence-corrected chi connectivity index (χ4v) is 1.88. The summed E-state index contributed by atoms with van der Waals surface area (Å²) in [6, 6.07) is 7.85. The molecule has 0 spiro atoms. The second-order valence-electron chi connectivity index (χ2n) is 3.90. The zero-order valence-electron chi connectivity index (χ0n) is 8.82. The van der Waals surface area contributed by atoms with Gasteiger partial charge in [-0.25, -0.2) is 0 Å². The van der Waals surface area contributed by atoms with Crippen LogP contribution in [-0.2, 0) is 0 Å². The maximum Gasteiger partial charge on any atom is 0.175 e. The van der Waals surface area contributed by atoms with Crippen LogP contribution in [0.1, 0.15) is 17.4 Å². The topological polar surface area (TPSA) is 45.8 Å². The van der Waals surface area contributed by atoms with Gasteiger partial charge in [0.1, 0.15) is 0 Å². The van der Waals surface area contributed by atoms with Gasteiger partial charge in [-0.15, -0.1) is 0 Å². The summed E-state index contributed by atoms with van der Waals surface area (Å²) in [5.41, 5.74) is 1.60. The van der Waals surface area contributed by atoms with Gasteiger partial charge < -0.3 is 4.98 Å². The molecule has 0 bridgehead atoms. The average Bonchev–Trinajstić information content (AvgIpc) is 2.71. The Morgan fingerprint density at radius 3 is 2.62 bits per heavy atom. The third kappa shape index (κ3) is 1.29. The van der Waals surface area contributed by atoms with Gasteiger partial charge in [-0.3, -0.25) is 9.78 Å². The number of pyridine rings is 1. The van der Waals surface area contributed by atoms with Crippen molar-refractivity contribution in [3.63, 3.8) is 0 Å². The number of rotatable bonds is 1. The van der Waals surface area contributed by atoms with E-state index in [1.54, 1.807) is 6.92 Å². The number of carbonyl (C=O) groups excluding carboxylic acids is 1. The minimum Gasteiger partial charge on any atom is -0.352 e. The van der Waals surface area contributed by atoms with Crippen LogP contribution in [-0.4, -0.2) is 15.8 Å². The normalized spacial score (nSPS) is 11.1. The number of nitrogens with zero attached hydrogens (tertiary/aromatic N) is 1. The lowest BCUT2D eigenvalue weighted by Gasteiger charge is -2.02. The molecule has 0 radical (unpaired) electrons. The van der Waals surface area contributed by atoms with Gasteiger partial charge in [0, 0.05) is 35.6 Å². The van der Waals surface area contributed by atoms with Crippen molar-refractivity contribution in [2.24, 2.45) is 0 Å². The van der Waals surface area contributed by atoms with E-state index in [2.05, 4.69) is 16.0 Å². The first-order valence-corrected chi connectivity index (χ1v) is 5.11. The maximum atomic E-state index is 11.3. The van der Waals surface area contributed by atoms with Crippen molar-refractivity contribution in [1.82, 2.24) is 9.97 Å². The van der Waals surface area contributed by atoms with Crippen molar-refractivity contribution < 1.29 is 4.79 Å². The Bertz CT molecular complexity index is 697. The maximum absolute atomic E-state index is 11.3. The summed E-state index contributed by atoms with van der Waals surface area (Å²) in [5.74, 6) is 0.0441. The van der Waals surface area contributed by atoms with Crippen molar-refractivity contribution in [3.05, 3.63) is 42.4 Å². The number of H-pyrrole nitrogens is 1. The molecule has 0 saturated heterocycles. The molecule has 0 amide bonds. The van der Waals surface area contributed by atoms with Gasteiger partial charge in [0.25, 0.3) is 0 Å². The number of hydrogen-bond donors (Lipinski definition) is 1. The predicted octanol–water partition coefficient (Wildman–Crippen LogP) is 2.92. The van der Waals surface area contributed by atoms with E-state index in [-0.39, 0.29) is 5.78 Å². The molecule has 0 aliphatic heterocycles. The van der Waals surface area contributed by atoms with Gasteiger partial charge in [0.2, 0.25) is 0 Å². The van der Waals surface area contributed by atoms with Crippen molar-refractivity contribution in [3.8, 4) is 0 Å². The molecule has 1 aromatic carbocycles. The van der Waals surface area contributed by atoms with Gasteiger partial charge in [-0.2, -0.15) is 0 Å². The number of carbonyl (C=O) groups is 1. The standard InChI is InChI=1S/C13H10N2O/c1-8(16)12-3-2-9-4-10-6-14-7-11(10)5-13(9)15-12/h2-7,15H,1H3. The Kier molecular flexibility index (Phi) is 1.80. The quantitative estimate of drug-likeness (QED) is 0.627. The molecule has 78 valence electrons. The molecule has 2 heterocycles. The molecule has 3 rings (SSSR count). The molecule has 0 atom stereocenters. The lowest BCUT2D eigenvalue weighted by molar-refractivity contribution is 0.101. The Morgan fingerprint density at radius 2 is 1.88 bits per heavy atom. The zero-order valence-corrected chi connectivity index (χ0v) is 8.82. The van der Waals surface area contributed by atoms with Crippen LogP contribution < -0.4 is 0 Å². The van der Waals surface area contributed by atoms with Crippen molar-refractivity contribution >= 4 is 27.5 Å². The highest BCUT2D eigenvalue weighted by atomic mass is 16.1. The number of ketones is 1. The summed E-state index contributed by atoms with van der Waals surface area (Å²) in [7, 11) is 0. The Labute approximate surface area is 92.1 Å². The third-order valence-corrected chi connectivity index (χ3v) is 2.76. The zero-order chi connectivity index (χ0) is 11.1. The molecule has 1 N–H and O–H groups in total. The number of nitrogens with one attached hydrogen (secondary N) is 1. The molecule has 0 aliphatic carbocycles. The molecule has 16 heavy (non-hydrogen) atoms. The Balaban J connectivity index is 2.37. The molecule has 3 heteroatoms. The number of benzene rings is 1. The van der Waals surface area contributed by atoms with E-state index in [9.17, 15) is 4.79 Å². The fourth-order valence-electron chi connectivity index (χ4n) is 1.88. The average molecular weight is 210 g/mol. The summed E-state index contributed by atoms with van der Waals surface area (Å²) in [6.45, 7) is 1.56. The highest BCUT2D eigenvalue weighted by molar-refractivity contribution is 5.99. The SMILES string of the molecule is CC(=O)c1ccc2cc3cncc3cc2[nH]1. The minimum absolute atomic E-state index is 0.0441. The van der Waals surface area contributed by atoms with Crippen LogP contribution in [0, 0.1) is 0 Å². The van der Waals surface area contributed by atoms with E-state index in [4.69, 9.17) is 0 Å². The van der Waals surface area contributed by atoms with Crippen LogP contribution in [0.2, 0.25) is 0 Å². The summed E-state index contributed by atoms with van der Waals surface area (Å²) in [6.07, 6.45) is 3.66. The van der Waals surface area contributed by atoms with E-state index >= 15 is 0 Å². The minimum atomic E-state index is 0.0441. The first kappa shape index (κ1) is 9.09. The molecule has 0 saturated carbocycles. The van der Waals surface area contributed by atoms with Crippen molar-refractivity contribution in [2.45, 2.75) is 6.92 Å². The lowest BCUT2D eigenvalue weighted by atomic mass is 10.1. The number of hydrogen-bond acceptors (Lipinski definition) is 2. The largest absolute Gasteiger partial charge is 0.352 e. The van der Waals surface area contributed by atoms with Gasteiger partial charge >= 0.3 is 0 Å². The Hall–Kier alpha value is -2.16.